The van der Waals surface area contributed by atoms with Gasteiger partial charge in [0.25, 0.3) is 15.9 Å². The van der Waals surface area contributed by atoms with E-state index in [4.69, 9.17) is 0 Å². The molecule has 7 heteroatoms. The molecule has 0 unspecified atom stereocenters. The lowest BCUT2D eigenvalue weighted by Gasteiger charge is -2.12. The van der Waals surface area contributed by atoms with Gasteiger partial charge in [-0.3, -0.25) is 9.52 Å². The van der Waals surface area contributed by atoms with Crippen LogP contribution in [0.1, 0.15) is 22.3 Å². The molecule has 1 aromatic heterocycles. The molecule has 0 aliphatic rings. The van der Waals surface area contributed by atoms with Crippen molar-refractivity contribution in [1.82, 2.24) is 10.3 Å². The number of para-hydroxylation sites is 1. The van der Waals surface area contributed by atoms with Crippen molar-refractivity contribution >= 4 is 21.6 Å². The van der Waals surface area contributed by atoms with Crippen LogP contribution in [0.5, 0.6) is 0 Å². The summed E-state index contributed by atoms with van der Waals surface area (Å²) in [4.78, 5) is 16.4. The molecule has 1 amide bonds. The third kappa shape index (κ3) is 5.17. The molecule has 0 fully saturated rings. The normalized spacial score (nSPS) is 11.0. The Hall–Kier alpha value is -3.19. The fraction of sp³-hybridized carbons (Fsp3) is 0.143. The van der Waals surface area contributed by atoms with E-state index in [0.29, 0.717) is 6.54 Å². The topological polar surface area (TPSA) is 88.2 Å². The molecule has 0 aliphatic carbocycles. The zero-order chi connectivity index (χ0) is 19.8. The lowest BCUT2D eigenvalue weighted by Crippen LogP contribution is -2.26. The average molecular weight is 395 g/mol. The number of anilines is 1. The molecule has 0 atom stereocenters. The summed E-state index contributed by atoms with van der Waals surface area (Å²) in [5, 5.41) is 2.74. The van der Waals surface area contributed by atoms with Crippen LogP contribution >= 0.6 is 0 Å². The second kappa shape index (κ2) is 9.14. The van der Waals surface area contributed by atoms with Gasteiger partial charge in [-0.1, -0.05) is 48.5 Å². The van der Waals surface area contributed by atoms with Crippen LogP contribution in [0.4, 0.5) is 5.69 Å². The number of carbonyl (C=O) groups excluding carboxylic acids is 1. The molecule has 3 aromatic rings. The SMILES string of the molecule is O=C(NCCCc1ccccc1)c1ccccc1NS(=O)(=O)c1ccccn1. The maximum absolute atomic E-state index is 12.5. The van der Waals surface area contributed by atoms with Gasteiger partial charge in [0.1, 0.15) is 0 Å². The van der Waals surface area contributed by atoms with Gasteiger partial charge in [-0.25, -0.2) is 4.98 Å². The number of aromatic nitrogens is 1. The van der Waals surface area contributed by atoms with Crippen molar-refractivity contribution in [3.63, 3.8) is 0 Å². The fourth-order valence-corrected chi connectivity index (χ4v) is 3.74. The van der Waals surface area contributed by atoms with E-state index >= 15 is 0 Å². The summed E-state index contributed by atoms with van der Waals surface area (Å²) >= 11 is 0. The monoisotopic (exact) mass is 395 g/mol. The molecule has 3 rings (SSSR count). The fourth-order valence-electron chi connectivity index (χ4n) is 2.71. The van der Waals surface area contributed by atoms with Crippen molar-refractivity contribution in [2.45, 2.75) is 17.9 Å². The third-order valence-electron chi connectivity index (χ3n) is 4.10. The van der Waals surface area contributed by atoms with Crippen molar-refractivity contribution in [3.05, 3.63) is 90.1 Å². The van der Waals surface area contributed by atoms with E-state index in [9.17, 15) is 13.2 Å². The van der Waals surface area contributed by atoms with Gasteiger partial charge >= 0.3 is 0 Å². The summed E-state index contributed by atoms with van der Waals surface area (Å²) < 4.78 is 27.4. The van der Waals surface area contributed by atoms with E-state index in [1.807, 2.05) is 30.3 Å². The molecule has 0 spiro atoms. The molecule has 2 aromatic carbocycles. The number of carbonyl (C=O) groups is 1. The Balaban J connectivity index is 1.64. The van der Waals surface area contributed by atoms with Crippen LogP contribution in [0.2, 0.25) is 0 Å². The zero-order valence-electron chi connectivity index (χ0n) is 15.2. The number of sulfonamides is 1. The van der Waals surface area contributed by atoms with Gasteiger partial charge in [0.2, 0.25) is 0 Å². The van der Waals surface area contributed by atoms with E-state index in [-0.39, 0.29) is 22.2 Å². The number of nitrogens with one attached hydrogen (secondary N) is 2. The van der Waals surface area contributed by atoms with E-state index in [1.165, 1.54) is 17.8 Å². The molecule has 0 aliphatic heterocycles. The highest BCUT2D eigenvalue weighted by Gasteiger charge is 2.19. The number of amides is 1. The van der Waals surface area contributed by atoms with Crippen molar-refractivity contribution in [3.8, 4) is 0 Å². The highest BCUT2D eigenvalue weighted by molar-refractivity contribution is 7.92. The molecule has 0 saturated carbocycles. The van der Waals surface area contributed by atoms with E-state index in [0.717, 1.165) is 12.8 Å². The first-order chi connectivity index (χ1) is 13.6. The highest BCUT2D eigenvalue weighted by Crippen LogP contribution is 2.19. The molecular formula is C21H21N3O3S. The molecule has 1 heterocycles. The Bertz CT molecular complexity index is 1020. The van der Waals surface area contributed by atoms with Crippen LogP contribution in [0, 0.1) is 0 Å². The van der Waals surface area contributed by atoms with Crippen LogP contribution in [-0.4, -0.2) is 25.9 Å². The summed E-state index contributed by atoms with van der Waals surface area (Å²) in [6.45, 7) is 0.495. The Morgan fingerprint density at radius 3 is 2.36 bits per heavy atom. The number of nitrogens with zero attached hydrogens (tertiary/aromatic N) is 1. The van der Waals surface area contributed by atoms with Crippen LogP contribution in [0.15, 0.2) is 84.0 Å². The Kier molecular flexibility index (Phi) is 6.39. The van der Waals surface area contributed by atoms with Crippen LogP contribution in [-0.2, 0) is 16.4 Å². The van der Waals surface area contributed by atoms with Gasteiger partial charge < -0.3 is 5.32 Å². The predicted molar refractivity (Wildman–Crippen MR) is 109 cm³/mol. The van der Waals surface area contributed by atoms with Gasteiger partial charge in [0, 0.05) is 12.7 Å². The standard InChI is InChI=1S/C21H21N3O3S/c25-21(23-16-8-11-17-9-2-1-3-10-17)18-12-4-5-13-19(18)24-28(26,27)20-14-6-7-15-22-20/h1-7,9-10,12-15,24H,8,11,16H2,(H,23,25). The number of hydrogen-bond donors (Lipinski definition) is 2. The van der Waals surface area contributed by atoms with Crippen molar-refractivity contribution < 1.29 is 13.2 Å². The first kappa shape index (κ1) is 19.6. The quantitative estimate of drug-likeness (QED) is 0.573. The Morgan fingerprint density at radius 2 is 1.61 bits per heavy atom. The molecule has 144 valence electrons. The second-order valence-corrected chi connectivity index (χ2v) is 7.79. The minimum Gasteiger partial charge on any atom is -0.352 e. The lowest BCUT2D eigenvalue weighted by atomic mass is 10.1. The number of aryl methyl sites for hydroxylation is 1. The smallest absolute Gasteiger partial charge is 0.279 e. The average Bonchev–Trinajstić information content (AvgIpc) is 2.72. The van der Waals surface area contributed by atoms with Gasteiger partial charge in [-0.15, -0.1) is 0 Å². The largest absolute Gasteiger partial charge is 0.352 e. The van der Waals surface area contributed by atoms with Crippen molar-refractivity contribution in [2.24, 2.45) is 0 Å². The first-order valence-corrected chi connectivity index (χ1v) is 10.4. The predicted octanol–water partition coefficient (Wildman–Crippen LogP) is 3.25. The summed E-state index contributed by atoms with van der Waals surface area (Å²) in [5.41, 5.74) is 1.69. The van der Waals surface area contributed by atoms with E-state index in [2.05, 4.69) is 15.0 Å². The van der Waals surface area contributed by atoms with Crippen LogP contribution < -0.4 is 10.0 Å². The summed E-state index contributed by atoms with van der Waals surface area (Å²) in [6, 6.07) is 21.1. The molecule has 0 radical (unpaired) electrons. The maximum atomic E-state index is 12.5. The van der Waals surface area contributed by atoms with Crippen molar-refractivity contribution in [1.29, 1.82) is 0 Å². The van der Waals surface area contributed by atoms with Gasteiger partial charge in [0.15, 0.2) is 5.03 Å². The molecular weight excluding hydrogens is 374 g/mol. The summed E-state index contributed by atoms with van der Waals surface area (Å²) in [6.07, 6.45) is 3.05. The number of pyridine rings is 1. The second-order valence-electron chi connectivity index (χ2n) is 6.16. The van der Waals surface area contributed by atoms with Crippen LogP contribution in [0.25, 0.3) is 0 Å². The molecule has 0 saturated heterocycles. The summed E-state index contributed by atoms with van der Waals surface area (Å²) in [7, 11) is -3.87. The minimum absolute atomic E-state index is 0.104. The van der Waals surface area contributed by atoms with Gasteiger partial charge in [0.05, 0.1) is 11.3 Å². The van der Waals surface area contributed by atoms with Gasteiger partial charge in [-0.05, 0) is 42.7 Å². The van der Waals surface area contributed by atoms with Crippen molar-refractivity contribution in [2.75, 3.05) is 11.3 Å². The number of hydrogen-bond acceptors (Lipinski definition) is 4. The minimum atomic E-state index is -3.87. The Labute approximate surface area is 164 Å². The molecule has 2 N–H and O–H groups in total. The number of benzene rings is 2. The highest BCUT2D eigenvalue weighted by atomic mass is 32.2. The lowest BCUT2D eigenvalue weighted by molar-refractivity contribution is 0.0954. The first-order valence-electron chi connectivity index (χ1n) is 8.91. The number of rotatable bonds is 8. The van der Waals surface area contributed by atoms with Crippen LogP contribution in [0.3, 0.4) is 0 Å². The molecule has 28 heavy (non-hydrogen) atoms. The van der Waals surface area contributed by atoms with E-state index in [1.54, 1.807) is 36.4 Å². The maximum Gasteiger partial charge on any atom is 0.279 e. The van der Waals surface area contributed by atoms with E-state index < -0.39 is 10.0 Å². The van der Waals surface area contributed by atoms with Gasteiger partial charge in [-0.2, -0.15) is 8.42 Å². The third-order valence-corrected chi connectivity index (χ3v) is 5.38. The Morgan fingerprint density at radius 1 is 0.893 bits per heavy atom. The molecule has 6 nitrogen and oxygen atoms in total. The molecule has 0 bridgehead atoms. The summed E-state index contributed by atoms with van der Waals surface area (Å²) in [5.74, 6) is -0.326. The zero-order valence-corrected chi connectivity index (χ0v) is 16.0.